The Hall–Kier alpha value is -0.130. The third-order valence-corrected chi connectivity index (χ3v) is 3.36. The van der Waals surface area contributed by atoms with Gasteiger partial charge in [-0.2, -0.15) is 0 Å². The maximum Gasteiger partial charge on any atom is 0.147 e. The highest BCUT2D eigenvalue weighted by atomic mass is 32.2. The van der Waals surface area contributed by atoms with Gasteiger partial charge in [-0.15, -0.1) is 0 Å². The molecule has 0 saturated carbocycles. The van der Waals surface area contributed by atoms with E-state index >= 15 is 0 Å². The second-order valence-corrected chi connectivity index (χ2v) is 6.85. The van der Waals surface area contributed by atoms with Gasteiger partial charge in [0.15, 0.2) is 0 Å². The minimum absolute atomic E-state index is 0.136. The predicted molar refractivity (Wildman–Crippen MR) is 60.7 cm³/mol. The summed E-state index contributed by atoms with van der Waals surface area (Å²) in [5.74, 6) is 0.136. The molecule has 0 rings (SSSR count). The Labute approximate surface area is 92.6 Å². The van der Waals surface area contributed by atoms with Crippen LogP contribution in [-0.2, 0) is 14.6 Å². The fraction of sp³-hybridized carbons (Fsp3) is 1.00. The van der Waals surface area contributed by atoms with Crippen LogP contribution in [0.5, 0.6) is 0 Å². The van der Waals surface area contributed by atoms with E-state index in [1.807, 2.05) is 13.8 Å². The normalized spacial score (nSPS) is 15.3. The van der Waals surface area contributed by atoms with Gasteiger partial charge >= 0.3 is 0 Å². The summed E-state index contributed by atoms with van der Waals surface area (Å²) in [5, 5.41) is 9.64. The second kappa shape index (κ2) is 5.82. The highest BCUT2D eigenvalue weighted by Gasteiger charge is 2.21. The number of hydrogen-bond donors (Lipinski definition) is 1. The molecular weight excluding hydrogens is 216 g/mol. The molecule has 0 aliphatic carbocycles. The molecule has 1 unspecified atom stereocenters. The molecule has 0 aliphatic rings. The lowest BCUT2D eigenvalue weighted by Gasteiger charge is -2.25. The molecule has 1 N–H and O–H groups in total. The van der Waals surface area contributed by atoms with Crippen molar-refractivity contribution in [2.45, 2.75) is 44.8 Å². The van der Waals surface area contributed by atoms with Crippen LogP contribution in [0, 0.1) is 0 Å². The summed E-state index contributed by atoms with van der Waals surface area (Å²) in [6, 6.07) is 0. The fourth-order valence-corrected chi connectivity index (χ4v) is 2.03. The van der Waals surface area contributed by atoms with Gasteiger partial charge in [-0.3, -0.25) is 0 Å². The van der Waals surface area contributed by atoms with Gasteiger partial charge in [-0.1, -0.05) is 0 Å². The lowest BCUT2D eigenvalue weighted by atomic mass is 9.98. The summed E-state index contributed by atoms with van der Waals surface area (Å²) in [6.45, 7) is 3.79. The third-order valence-electron chi connectivity index (χ3n) is 2.33. The Kier molecular flexibility index (Phi) is 5.77. The molecule has 5 heteroatoms. The number of sulfone groups is 1. The van der Waals surface area contributed by atoms with Crippen LogP contribution in [0.15, 0.2) is 0 Å². The van der Waals surface area contributed by atoms with Gasteiger partial charge in [-0.05, 0) is 26.7 Å². The topological polar surface area (TPSA) is 63.6 Å². The number of hydrogen-bond acceptors (Lipinski definition) is 4. The molecule has 15 heavy (non-hydrogen) atoms. The van der Waals surface area contributed by atoms with E-state index in [2.05, 4.69) is 0 Å². The summed E-state index contributed by atoms with van der Waals surface area (Å²) in [4.78, 5) is 0. The zero-order valence-electron chi connectivity index (χ0n) is 9.99. The van der Waals surface area contributed by atoms with Gasteiger partial charge in [-0.25, -0.2) is 8.42 Å². The van der Waals surface area contributed by atoms with Gasteiger partial charge in [0.25, 0.3) is 0 Å². The van der Waals surface area contributed by atoms with E-state index in [-0.39, 0.29) is 11.4 Å². The van der Waals surface area contributed by atoms with Crippen LogP contribution in [0.3, 0.4) is 0 Å². The molecule has 0 saturated heterocycles. The van der Waals surface area contributed by atoms with Gasteiger partial charge in [0.05, 0.1) is 11.7 Å². The van der Waals surface area contributed by atoms with E-state index < -0.39 is 15.9 Å². The molecule has 0 heterocycles. The SMILES string of the molecule is COC(C)(C)CC(O)CCCS(C)(=O)=O. The first-order valence-electron chi connectivity index (χ1n) is 5.07. The summed E-state index contributed by atoms with van der Waals surface area (Å²) in [7, 11) is -1.31. The van der Waals surface area contributed by atoms with Crippen molar-refractivity contribution in [3.63, 3.8) is 0 Å². The van der Waals surface area contributed by atoms with Crippen molar-refractivity contribution in [3.05, 3.63) is 0 Å². The summed E-state index contributed by atoms with van der Waals surface area (Å²) < 4.78 is 26.9. The first kappa shape index (κ1) is 14.9. The Morgan fingerprint density at radius 3 is 2.33 bits per heavy atom. The largest absolute Gasteiger partial charge is 0.393 e. The van der Waals surface area contributed by atoms with Crippen molar-refractivity contribution in [2.75, 3.05) is 19.1 Å². The molecule has 0 bridgehead atoms. The lowest BCUT2D eigenvalue weighted by molar-refractivity contribution is -0.0210. The summed E-state index contributed by atoms with van der Waals surface area (Å²) in [5.41, 5.74) is -0.357. The lowest BCUT2D eigenvalue weighted by Crippen LogP contribution is -2.29. The van der Waals surface area contributed by atoms with Crippen molar-refractivity contribution in [2.24, 2.45) is 0 Å². The molecule has 0 aromatic heterocycles. The molecule has 0 radical (unpaired) electrons. The number of aliphatic hydroxyl groups is 1. The van der Waals surface area contributed by atoms with Crippen LogP contribution < -0.4 is 0 Å². The predicted octanol–water partition coefficient (Wildman–Crippen LogP) is 0.987. The number of aliphatic hydroxyl groups excluding tert-OH is 1. The van der Waals surface area contributed by atoms with Crippen LogP contribution in [0.25, 0.3) is 0 Å². The van der Waals surface area contributed by atoms with E-state index in [0.717, 1.165) is 0 Å². The Bertz CT molecular complexity index is 269. The Balaban J connectivity index is 3.81. The molecule has 0 fully saturated rings. The first-order chi connectivity index (χ1) is 6.66. The quantitative estimate of drug-likeness (QED) is 0.718. The summed E-state index contributed by atoms with van der Waals surface area (Å²) in [6.07, 6.45) is 2.23. The molecule has 0 aromatic carbocycles. The molecule has 0 aliphatic heterocycles. The van der Waals surface area contributed by atoms with E-state index in [9.17, 15) is 13.5 Å². The highest BCUT2D eigenvalue weighted by Crippen LogP contribution is 2.18. The van der Waals surface area contributed by atoms with Crippen molar-refractivity contribution in [3.8, 4) is 0 Å². The van der Waals surface area contributed by atoms with Gasteiger partial charge in [0.2, 0.25) is 0 Å². The van der Waals surface area contributed by atoms with Crippen LogP contribution in [0.1, 0.15) is 33.1 Å². The molecule has 0 spiro atoms. The number of ether oxygens (including phenoxy) is 1. The van der Waals surface area contributed by atoms with Crippen molar-refractivity contribution in [1.29, 1.82) is 0 Å². The fourth-order valence-electron chi connectivity index (χ4n) is 1.33. The molecule has 4 nitrogen and oxygen atoms in total. The van der Waals surface area contributed by atoms with E-state index in [4.69, 9.17) is 4.74 Å². The van der Waals surface area contributed by atoms with Crippen LogP contribution in [0.4, 0.5) is 0 Å². The Morgan fingerprint density at radius 2 is 1.93 bits per heavy atom. The highest BCUT2D eigenvalue weighted by molar-refractivity contribution is 7.90. The van der Waals surface area contributed by atoms with Gasteiger partial charge in [0, 0.05) is 25.5 Å². The molecule has 0 amide bonds. The van der Waals surface area contributed by atoms with Crippen molar-refractivity contribution < 1.29 is 18.3 Å². The van der Waals surface area contributed by atoms with E-state index in [1.54, 1.807) is 7.11 Å². The smallest absolute Gasteiger partial charge is 0.147 e. The molecular formula is C10H22O4S. The first-order valence-corrected chi connectivity index (χ1v) is 7.13. The zero-order chi connectivity index (χ0) is 12.1. The Morgan fingerprint density at radius 1 is 1.40 bits per heavy atom. The third kappa shape index (κ3) is 8.84. The zero-order valence-corrected chi connectivity index (χ0v) is 10.8. The summed E-state index contributed by atoms with van der Waals surface area (Å²) >= 11 is 0. The second-order valence-electron chi connectivity index (χ2n) is 4.59. The van der Waals surface area contributed by atoms with Gasteiger partial charge < -0.3 is 9.84 Å². The maximum atomic E-state index is 10.8. The van der Waals surface area contributed by atoms with Gasteiger partial charge in [0.1, 0.15) is 9.84 Å². The van der Waals surface area contributed by atoms with Crippen molar-refractivity contribution in [1.82, 2.24) is 0 Å². The van der Waals surface area contributed by atoms with Crippen molar-refractivity contribution >= 4 is 9.84 Å². The number of methoxy groups -OCH3 is 1. The minimum atomic E-state index is -2.91. The monoisotopic (exact) mass is 238 g/mol. The van der Waals surface area contributed by atoms with Crippen LogP contribution in [-0.4, -0.2) is 44.3 Å². The van der Waals surface area contributed by atoms with E-state index in [0.29, 0.717) is 19.3 Å². The van der Waals surface area contributed by atoms with Crippen LogP contribution in [0.2, 0.25) is 0 Å². The molecule has 92 valence electrons. The maximum absolute atomic E-state index is 10.8. The average Bonchev–Trinajstić information content (AvgIpc) is 2.00. The average molecular weight is 238 g/mol. The van der Waals surface area contributed by atoms with Crippen LogP contribution >= 0.6 is 0 Å². The standard InChI is InChI=1S/C10H22O4S/c1-10(2,14-3)8-9(11)6-5-7-15(4,12)13/h9,11H,5-8H2,1-4H3. The molecule has 1 atom stereocenters. The van der Waals surface area contributed by atoms with E-state index in [1.165, 1.54) is 6.26 Å². The molecule has 0 aromatic rings. The number of rotatable bonds is 7. The minimum Gasteiger partial charge on any atom is -0.393 e.